The van der Waals surface area contributed by atoms with Gasteiger partial charge in [-0.3, -0.25) is 4.79 Å². The maximum atomic E-state index is 12.0. The Morgan fingerprint density at radius 1 is 1.38 bits per heavy atom. The van der Waals surface area contributed by atoms with Crippen molar-refractivity contribution in [1.29, 1.82) is 0 Å². The third-order valence-electron chi connectivity index (χ3n) is 3.62. The summed E-state index contributed by atoms with van der Waals surface area (Å²) in [5, 5.41) is 11.3. The summed E-state index contributed by atoms with van der Waals surface area (Å²) in [5.74, 6) is 1.60. The number of aromatic nitrogens is 3. The first-order valence-electron chi connectivity index (χ1n) is 7.05. The van der Waals surface area contributed by atoms with Crippen molar-refractivity contribution in [3.8, 4) is 0 Å². The number of hydrogen-bond acceptors (Lipinski definition) is 5. The Balaban J connectivity index is 1.58. The molecule has 21 heavy (non-hydrogen) atoms. The minimum atomic E-state index is 0.209. The summed E-state index contributed by atoms with van der Waals surface area (Å²) in [6.45, 7) is 1.81. The molecular formula is C14H18N4OS2. The van der Waals surface area contributed by atoms with Crippen molar-refractivity contribution in [2.45, 2.75) is 24.4 Å². The van der Waals surface area contributed by atoms with E-state index < -0.39 is 0 Å². The first kappa shape index (κ1) is 14.6. The van der Waals surface area contributed by atoms with Crippen LogP contribution in [0.3, 0.4) is 0 Å². The summed E-state index contributed by atoms with van der Waals surface area (Å²) in [5.41, 5.74) is 0. The van der Waals surface area contributed by atoms with Crippen molar-refractivity contribution >= 4 is 29.0 Å². The number of hydrogen-bond donors (Lipinski definition) is 0. The standard InChI is InChI=1S/C14H18N4OS2/c1-17-12(9-11-5-4-8-20-11)15-16-14(17)21-10-13(19)18-6-2-3-7-18/h4-5,8H,2-3,6-7,9-10H2,1H3. The number of carbonyl (C=O) groups excluding carboxylic acids is 1. The monoisotopic (exact) mass is 322 g/mol. The summed E-state index contributed by atoms with van der Waals surface area (Å²) in [6.07, 6.45) is 3.05. The Labute approximate surface area is 132 Å². The molecule has 3 rings (SSSR count). The highest BCUT2D eigenvalue weighted by atomic mass is 32.2. The van der Waals surface area contributed by atoms with Crippen LogP contribution in [0.1, 0.15) is 23.5 Å². The minimum Gasteiger partial charge on any atom is -0.342 e. The maximum Gasteiger partial charge on any atom is 0.233 e. The van der Waals surface area contributed by atoms with Crippen LogP contribution < -0.4 is 0 Å². The maximum absolute atomic E-state index is 12.0. The van der Waals surface area contributed by atoms with Gasteiger partial charge in [-0.2, -0.15) is 0 Å². The van der Waals surface area contributed by atoms with Gasteiger partial charge in [-0.05, 0) is 24.3 Å². The normalized spacial score (nSPS) is 14.8. The number of amides is 1. The molecule has 1 aliphatic heterocycles. The molecule has 5 nitrogen and oxygen atoms in total. The molecule has 1 saturated heterocycles. The Hall–Kier alpha value is -1.34. The molecule has 2 aromatic rings. The lowest BCUT2D eigenvalue weighted by Gasteiger charge is -2.14. The SMILES string of the molecule is Cn1c(Cc2cccs2)nnc1SCC(=O)N1CCCC1. The fraction of sp³-hybridized carbons (Fsp3) is 0.500. The van der Waals surface area contributed by atoms with Gasteiger partial charge in [0.15, 0.2) is 5.16 Å². The third kappa shape index (κ3) is 3.47. The van der Waals surface area contributed by atoms with Crippen molar-refractivity contribution in [3.63, 3.8) is 0 Å². The van der Waals surface area contributed by atoms with Crippen LogP contribution in [0.25, 0.3) is 0 Å². The molecule has 1 aliphatic rings. The molecule has 0 atom stereocenters. The van der Waals surface area contributed by atoms with E-state index in [-0.39, 0.29) is 5.91 Å². The van der Waals surface area contributed by atoms with Crippen molar-refractivity contribution in [1.82, 2.24) is 19.7 Å². The number of likely N-dealkylation sites (tertiary alicyclic amines) is 1. The van der Waals surface area contributed by atoms with Crippen LogP contribution in [0.4, 0.5) is 0 Å². The average Bonchev–Trinajstić information content (AvgIpc) is 3.21. The number of nitrogens with zero attached hydrogens (tertiary/aromatic N) is 4. The molecule has 0 bridgehead atoms. The quantitative estimate of drug-likeness (QED) is 0.792. The van der Waals surface area contributed by atoms with Gasteiger partial charge < -0.3 is 9.47 Å². The number of thiophene rings is 1. The summed E-state index contributed by atoms with van der Waals surface area (Å²) < 4.78 is 1.99. The highest BCUT2D eigenvalue weighted by molar-refractivity contribution is 7.99. The van der Waals surface area contributed by atoms with Gasteiger partial charge in [0.2, 0.25) is 5.91 Å². The third-order valence-corrected chi connectivity index (χ3v) is 5.50. The summed E-state index contributed by atoms with van der Waals surface area (Å²) >= 11 is 3.20. The lowest BCUT2D eigenvalue weighted by atomic mass is 10.3. The minimum absolute atomic E-state index is 0.209. The van der Waals surface area contributed by atoms with Gasteiger partial charge in [-0.25, -0.2) is 0 Å². The Bertz CT molecular complexity index is 603. The fourth-order valence-corrected chi connectivity index (χ4v) is 3.91. The summed E-state index contributed by atoms with van der Waals surface area (Å²) in [6, 6.07) is 4.14. The smallest absolute Gasteiger partial charge is 0.233 e. The van der Waals surface area contributed by atoms with Crippen molar-refractivity contribution in [2.24, 2.45) is 7.05 Å². The van der Waals surface area contributed by atoms with E-state index >= 15 is 0 Å². The molecule has 3 heterocycles. The molecule has 7 heteroatoms. The van der Waals surface area contributed by atoms with Crippen LogP contribution in [0.5, 0.6) is 0 Å². The molecule has 112 valence electrons. The van der Waals surface area contributed by atoms with E-state index in [0.717, 1.165) is 43.3 Å². The van der Waals surface area contributed by atoms with E-state index in [2.05, 4.69) is 21.6 Å². The van der Waals surface area contributed by atoms with Crippen molar-refractivity contribution in [3.05, 3.63) is 28.2 Å². The van der Waals surface area contributed by atoms with Crippen molar-refractivity contribution in [2.75, 3.05) is 18.8 Å². The van der Waals surface area contributed by atoms with Crippen LogP contribution in [-0.4, -0.2) is 44.4 Å². The molecule has 0 N–H and O–H groups in total. The van der Waals surface area contributed by atoms with E-state index in [1.54, 1.807) is 11.3 Å². The van der Waals surface area contributed by atoms with Crippen LogP contribution in [0.2, 0.25) is 0 Å². The van der Waals surface area contributed by atoms with Gasteiger partial charge in [-0.15, -0.1) is 21.5 Å². The Morgan fingerprint density at radius 3 is 2.90 bits per heavy atom. The molecule has 0 unspecified atom stereocenters. The van der Waals surface area contributed by atoms with Crippen LogP contribution >= 0.6 is 23.1 Å². The number of rotatable bonds is 5. The Morgan fingerprint density at radius 2 is 2.19 bits per heavy atom. The second-order valence-electron chi connectivity index (χ2n) is 5.09. The highest BCUT2D eigenvalue weighted by Gasteiger charge is 2.19. The predicted octanol–water partition coefficient (Wildman–Crippen LogP) is 2.18. The van der Waals surface area contributed by atoms with Gasteiger partial charge in [0.05, 0.1) is 5.75 Å². The molecule has 0 spiro atoms. The lowest BCUT2D eigenvalue weighted by molar-refractivity contribution is -0.127. The van der Waals surface area contributed by atoms with Crippen LogP contribution in [0, 0.1) is 0 Å². The topological polar surface area (TPSA) is 51.0 Å². The molecule has 1 amide bonds. The second kappa shape index (κ2) is 6.62. The molecule has 0 aliphatic carbocycles. The molecular weight excluding hydrogens is 304 g/mol. The van der Waals surface area contributed by atoms with Crippen LogP contribution in [-0.2, 0) is 18.3 Å². The molecule has 1 fully saturated rings. The number of thioether (sulfide) groups is 1. The summed E-state index contributed by atoms with van der Waals surface area (Å²) in [4.78, 5) is 15.3. The van der Waals surface area contributed by atoms with Crippen molar-refractivity contribution < 1.29 is 4.79 Å². The van der Waals surface area contributed by atoms with E-state index in [1.807, 2.05) is 22.6 Å². The molecule has 0 aromatic carbocycles. The van der Waals surface area contributed by atoms with E-state index in [9.17, 15) is 4.79 Å². The van der Waals surface area contributed by atoms with Crippen LogP contribution in [0.15, 0.2) is 22.7 Å². The van der Waals surface area contributed by atoms with Gasteiger partial charge in [-0.1, -0.05) is 17.8 Å². The van der Waals surface area contributed by atoms with E-state index in [0.29, 0.717) is 5.75 Å². The average molecular weight is 322 g/mol. The largest absolute Gasteiger partial charge is 0.342 e. The predicted molar refractivity (Wildman–Crippen MR) is 84.7 cm³/mol. The van der Waals surface area contributed by atoms with Gasteiger partial charge >= 0.3 is 0 Å². The molecule has 0 radical (unpaired) electrons. The first-order chi connectivity index (χ1) is 10.2. The fourth-order valence-electron chi connectivity index (χ4n) is 2.38. The first-order valence-corrected chi connectivity index (χ1v) is 8.92. The Kier molecular flexibility index (Phi) is 4.60. The lowest BCUT2D eigenvalue weighted by Crippen LogP contribution is -2.29. The highest BCUT2D eigenvalue weighted by Crippen LogP contribution is 2.20. The van der Waals surface area contributed by atoms with E-state index in [4.69, 9.17) is 0 Å². The zero-order chi connectivity index (χ0) is 14.7. The van der Waals surface area contributed by atoms with Gasteiger partial charge in [0, 0.05) is 31.4 Å². The number of carbonyl (C=O) groups is 1. The van der Waals surface area contributed by atoms with Gasteiger partial charge in [0.1, 0.15) is 5.82 Å². The molecule has 2 aromatic heterocycles. The summed E-state index contributed by atoms with van der Waals surface area (Å²) in [7, 11) is 1.96. The zero-order valence-electron chi connectivity index (χ0n) is 12.0. The second-order valence-corrected chi connectivity index (χ2v) is 7.07. The van der Waals surface area contributed by atoms with Gasteiger partial charge in [0.25, 0.3) is 0 Å². The van der Waals surface area contributed by atoms with E-state index in [1.165, 1.54) is 16.6 Å². The molecule has 0 saturated carbocycles. The zero-order valence-corrected chi connectivity index (χ0v) is 13.6.